The Labute approximate surface area is 92.6 Å². The standard InChI is InChI=1S/C11H11FN2O2/c1-2-14-11(15)7-16-9-4-3-8(6-13)10(12)5-9/h3-5H,2,7H2,1H3,(H,14,15). The predicted molar refractivity (Wildman–Crippen MR) is 55.3 cm³/mol. The molecule has 0 aliphatic carbocycles. The number of amides is 1. The van der Waals surface area contributed by atoms with Gasteiger partial charge in [-0.3, -0.25) is 4.79 Å². The van der Waals surface area contributed by atoms with Crippen LogP contribution in [0.4, 0.5) is 4.39 Å². The van der Waals surface area contributed by atoms with E-state index in [-0.39, 0.29) is 23.8 Å². The maximum absolute atomic E-state index is 13.1. The summed E-state index contributed by atoms with van der Waals surface area (Å²) in [5.41, 5.74) is -0.0506. The lowest BCUT2D eigenvalue weighted by Gasteiger charge is -2.06. The van der Waals surface area contributed by atoms with E-state index in [9.17, 15) is 9.18 Å². The molecule has 16 heavy (non-hydrogen) atoms. The van der Waals surface area contributed by atoms with Crippen LogP contribution in [0.3, 0.4) is 0 Å². The molecule has 0 aliphatic heterocycles. The molecule has 84 valence electrons. The topological polar surface area (TPSA) is 62.1 Å². The molecule has 1 rings (SSSR count). The van der Waals surface area contributed by atoms with E-state index in [0.717, 1.165) is 6.07 Å². The van der Waals surface area contributed by atoms with Crippen LogP contribution in [-0.4, -0.2) is 19.1 Å². The second-order valence-electron chi connectivity index (χ2n) is 3.00. The molecule has 0 atom stereocenters. The summed E-state index contributed by atoms with van der Waals surface area (Å²) in [5, 5.41) is 11.0. The number of rotatable bonds is 4. The van der Waals surface area contributed by atoms with Crippen molar-refractivity contribution in [1.29, 1.82) is 5.26 Å². The molecule has 0 saturated carbocycles. The van der Waals surface area contributed by atoms with Crippen LogP contribution < -0.4 is 10.1 Å². The quantitative estimate of drug-likeness (QED) is 0.832. The third kappa shape index (κ3) is 3.24. The molecule has 0 aromatic heterocycles. The zero-order chi connectivity index (χ0) is 12.0. The minimum absolute atomic E-state index is 0.0506. The summed E-state index contributed by atoms with van der Waals surface area (Å²) in [6.07, 6.45) is 0. The summed E-state index contributed by atoms with van der Waals surface area (Å²) in [6, 6.07) is 5.53. The molecule has 0 fully saturated rings. The minimum atomic E-state index is -0.657. The Balaban J connectivity index is 2.59. The van der Waals surface area contributed by atoms with Gasteiger partial charge in [0.25, 0.3) is 5.91 Å². The molecule has 1 N–H and O–H groups in total. The number of nitriles is 1. The Bertz CT molecular complexity index is 426. The third-order valence-corrected chi connectivity index (χ3v) is 1.80. The van der Waals surface area contributed by atoms with Crippen molar-refractivity contribution >= 4 is 5.91 Å². The van der Waals surface area contributed by atoms with E-state index in [1.165, 1.54) is 12.1 Å². The zero-order valence-electron chi connectivity index (χ0n) is 8.79. The first-order valence-corrected chi connectivity index (χ1v) is 4.76. The Kier molecular flexibility index (Phi) is 4.28. The second-order valence-corrected chi connectivity index (χ2v) is 3.00. The van der Waals surface area contributed by atoms with E-state index in [0.29, 0.717) is 6.54 Å². The highest BCUT2D eigenvalue weighted by atomic mass is 19.1. The molecule has 1 aromatic rings. The molecule has 0 heterocycles. The monoisotopic (exact) mass is 222 g/mol. The minimum Gasteiger partial charge on any atom is -0.484 e. The van der Waals surface area contributed by atoms with Crippen LogP contribution in [0.2, 0.25) is 0 Å². The maximum atomic E-state index is 13.1. The van der Waals surface area contributed by atoms with Gasteiger partial charge in [0.2, 0.25) is 0 Å². The van der Waals surface area contributed by atoms with Crippen molar-refractivity contribution in [3.63, 3.8) is 0 Å². The van der Waals surface area contributed by atoms with Crippen molar-refractivity contribution in [1.82, 2.24) is 5.32 Å². The van der Waals surface area contributed by atoms with Gasteiger partial charge in [-0.2, -0.15) is 5.26 Å². The molecule has 0 bridgehead atoms. The molecule has 1 aromatic carbocycles. The number of benzene rings is 1. The third-order valence-electron chi connectivity index (χ3n) is 1.80. The zero-order valence-corrected chi connectivity index (χ0v) is 8.79. The lowest BCUT2D eigenvalue weighted by molar-refractivity contribution is -0.122. The SMILES string of the molecule is CCNC(=O)COc1ccc(C#N)c(F)c1. The van der Waals surface area contributed by atoms with Crippen LogP contribution in [0.5, 0.6) is 5.75 Å². The first-order chi connectivity index (χ1) is 7.67. The molecular weight excluding hydrogens is 211 g/mol. The highest BCUT2D eigenvalue weighted by Gasteiger charge is 2.05. The van der Waals surface area contributed by atoms with Crippen LogP contribution in [0.1, 0.15) is 12.5 Å². The smallest absolute Gasteiger partial charge is 0.257 e. The highest BCUT2D eigenvalue weighted by Crippen LogP contribution is 2.15. The van der Waals surface area contributed by atoms with Crippen molar-refractivity contribution in [2.75, 3.05) is 13.2 Å². The summed E-state index contributed by atoms with van der Waals surface area (Å²) in [6.45, 7) is 2.14. The van der Waals surface area contributed by atoms with Gasteiger partial charge in [0.1, 0.15) is 17.6 Å². The number of carbonyl (C=O) groups excluding carboxylic acids is 1. The first kappa shape index (κ1) is 12.0. The van der Waals surface area contributed by atoms with Crippen LogP contribution in [-0.2, 0) is 4.79 Å². The Morgan fingerprint density at radius 1 is 1.62 bits per heavy atom. The van der Waals surface area contributed by atoms with Gasteiger partial charge in [-0.1, -0.05) is 0 Å². The molecule has 1 amide bonds. The fourth-order valence-electron chi connectivity index (χ4n) is 1.07. The Morgan fingerprint density at radius 3 is 2.94 bits per heavy atom. The van der Waals surface area contributed by atoms with Gasteiger partial charge < -0.3 is 10.1 Å². The van der Waals surface area contributed by atoms with Gasteiger partial charge in [0.15, 0.2) is 6.61 Å². The van der Waals surface area contributed by atoms with Crippen LogP contribution in [0.15, 0.2) is 18.2 Å². The Hall–Kier alpha value is -2.09. The fraction of sp³-hybridized carbons (Fsp3) is 0.273. The van der Waals surface area contributed by atoms with E-state index >= 15 is 0 Å². The van der Waals surface area contributed by atoms with Crippen LogP contribution >= 0.6 is 0 Å². The molecule has 4 nitrogen and oxygen atoms in total. The van der Waals surface area contributed by atoms with E-state index in [1.54, 1.807) is 13.0 Å². The second kappa shape index (κ2) is 5.71. The number of likely N-dealkylation sites (N-methyl/N-ethyl adjacent to an activating group) is 1. The number of ether oxygens (including phenoxy) is 1. The summed E-state index contributed by atoms with van der Waals surface area (Å²) in [5.74, 6) is -0.703. The van der Waals surface area contributed by atoms with Gasteiger partial charge >= 0.3 is 0 Å². The number of hydrogen-bond acceptors (Lipinski definition) is 3. The average molecular weight is 222 g/mol. The van der Waals surface area contributed by atoms with E-state index in [4.69, 9.17) is 10.00 Å². The van der Waals surface area contributed by atoms with E-state index in [2.05, 4.69) is 5.32 Å². The van der Waals surface area contributed by atoms with Crippen LogP contribution in [0.25, 0.3) is 0 Å². The Morgan fingerprint density at radius 2 is 2.38 bits per heavy atom. The molecule has 0 spiro atoms. The molecule has 0 aliphatic rings. The van der Waals surface area contributed by atoms with Gasteiger partial charge in [0.05, 0.1) is 5.56 Å². The summed E-state index contributed by atoms with van der Waals surface area (Å²) < 4.78 is 18.2. The largest absolute Gasteiger partial charge is 0.484 e. The van der Waals surface area contributed by atoms with E-state index in [1.807, 2.05) is 0 Å². The lowest BCUT2D eigenvalue weighted by atomic mass is 10.2. The van der Waals surface area contributed by atoms with Crippen molar-refractivity contribution in [2.45, 2.75) is 6.92 Å². The van der Waals surface area contributed by atoms with Gasteiger partial charge in [-0.05, 0) is 19.1 Å². The van der Waals surface area contributed by atoms with Crippen LogP contribution in [0, 0.1) is 17.1 Å². The predicted octanol–water partition coefficient (Wildman–Crippen LogP) is 1.21. The molecular formula is C11H11FN2O2. The summed E-state index contributed by atoms with van der Waals surface area (Å²) in [4.78, 5) is 11.0. The van der Waals surface area contributed by atoms with Crippen molar-refractivity contribution in [2.24, 2.45) is 0 Å². The molecule has 0 saturated heterocycles. The van der Waals surface area contributed by atoms with Gasteiger partial charge in [-0.15, -0.1) is 0 Å². The maximum Gasteiger partial charge on any atom is 0.257 e. The number of nitrogens with zero attached hydrogens (tertiary/aromatic N) is 1. The summed E-state index contributed by atoms with van der Waals surface area (Å²) in [7, 11) is 0. The first-order valence-electron chi connectivity index (χ1n) is 4.76. The normalized spacial score (nSPS) is 9.31. The van der Waals surface area contributed by atoms with E-state index < -0.39 is 5.82 Å². The molecule has 0 unspecified atom stereocenters. The van der Waals surface area contributed by atoms with Gasteiger partial charge in [0, 0.05) is 12.6 Å². The van der Waals surface area contributed by atoms with Gasteiger partial charge in [-0.25, -0.2) is 4.39 Å². The highest BCUT2D eigenvalue weighted by molar-refractivity contribution is 5.77. The number of nitrogens with one attached hydrogen (secondary N) is 1. The van der Waals surface area contributed by atoms with Crippen molar-refractivity contribution < 1.29 is 13.9 Å². The summed E-state index contributed by atoms with van der Waals surface area (Å²) >= 11 is 0. The number of hydrogen-bond donors (Lipinski definition) is 1. The van der Waals surface area contributed by atoms with Crippen molar-refractivity contribution in [3.8, 4) is 11.8 Å². The number of halogens is 1. The molecule has 0 radical (unpaired) electrons. The fourth-order valence-corrected chi connectivity index (χ4v) is 1.07. The molecule has 5 heteroatoms. The average Bonchev–Trinajstić information content (AvgIpc) is 2.27. The lowest BCUT2D eigenvalue weighted by Crippen LogP contribution is -2.28. The number of carbonyl (C=O) groups is 1. The van der Waals surface area contributed by atoms with Crippen molar-refractivity contribution in [3.05, 3.63) is 29.6 Å².